The molecule has 216 valence electrons. The molecule has 0 aliphatic carbocycles. The quantitative estimate of drug-likeness (QED) is 0.209. The van der Waals surface area contributed by atoms with Crippen LogP contribution < -0.4 is 0 Å². The van der Waals surface area contributed by atoms with E-state index >= 15 is 0 Å². The Kier molecular flexibility index (Phi) is 5.84. The second-order valence-corrected chi connectivity index (χ2v) is 12.0. The van der Waals surface area contributed by atoms with Crippen molar-refractivity contribution in [2.45, 2.75) is 25.7 Å². The van der Waals surface area contributed by atoms with E-state index in [4.69, 9.17) is 0 Å². The minimum atomic E-state index is -0.266. The summed E-state index contributed by atoms with van der Waals surface area (Å²) in [5.74, 6) is -0.335. The SMILES string of the molecule is CC(C(=O)C(C)c1ccc2c(c1)c(-c1cc3cccnc3[nH]1)cn2C)c1ccc2c(c1)c(-c1cc3cccnc3[nH]1)cn2C. The molecule has 8 rings (SSSR count). The monoisotopic (exact) mass is 576 g/mol. The highest BCUT2D eigenvalue weighted by Gasteiger charge is 2.25. The topological polar surface area (TPSA) is 84.3 Å². The van der Waals surface area contributed by atoms with Crippen LogP contribution in [0.1, 0.15) is 36.8 Å². The first-order chi connectivity index (χ1) is 21.4. The third kappa shape index (κ3) is 4.07. The van der Waals surface area contributed by atoms with E-state index in [-0.39, 0.29) is 17.6 Å². The number of aromatic nitrogens is 6. The molecule has 7 nitrogen and oxygen atoms in total. The van der Waals surface area contributed by atoms with Gasteiger partial charge in [0.15, 0.2) is 0 Å². The molecule has 0 bridgehead atoms. The number of nitrogens with zero attached hydrogens (tertiary/aromatic N) is 4. The van der Waals surface area contributed by atoms with Gasteiger partial charge < -0.3 is 19.1 Å². The van der Waals surface area contributed by atoms with E-state index in [0.717, 1.165) is 77.5 Å². The van der Waals surface area contributed by atoms with Crippen LogP contribution in [0, 0.1) is 0 Å². The fourth-order valence-corrected chi connectivity index (χ4v) is 6.70. The van der Waals surface area contributed by atoms with Crippen LogP contribution in [0.25, 0.3) is 66.4 Å². The fourth-order valence-electron chi connectivity index (χ4n) is 6.70. The van der Waals surface area contributed by atoms with Gasteiger partial charge in [-0.25, -0.2) is 9.97 Å². The maximum Gasteiger partial charge on any atom is 0.147 e. The molecule has 0 amide bonds. The first-order valence-electron chi connectivity index (χ1n) is 15.0. The summed E-state index contributed by atoms with van der Waals surface area (Å²) in [6.45, 7) is 4.05. The zero-order valence-corrected chi connectivity index (χ0v) is 25.1. The molecule has 0 radical (unpaired) electrons. The van der Waals surface area contributed by atoms with Gasteiger partial charge in [0.2, 0.25) is 0 Å². The van der Waals surface area contributed by atoms with E-state index < -0.39 is 0 Å². The van der Waals surface area contributed by atoms with Gasteiger partial charge in [0.05, 0.1) is 0 Å². The lowest BCUT2D eigenvalue weighted by molar-refractivity contribution is -0.121. The summed E-state index contributed by atoms with van der Waals surface area (Å²) in [6, 6.07) is 25.1. The number of aromatic amines is 2. The summed E-state index contributed by atoms with van der Waals surface area (Å²) in [5.41, 5.74) is 10.3. The Balaban J connectivity index is 1.14. The predicted octanol–water partition coefficient (Wildman–Crippen LogP) is 8.23. The molecule has 6 aromatic heterocycles. The molecule has 0 aliphatic heterocycles. The summed E-state index contributed by atoms with van der Waals surface area (Å²) in [6.07, 6.45) is 7.89. The van der Waals surface area contributed by atoms with Crippen LogP contribution in [0.2, 0.25) is 0 Å². The molecule has 44 heavy (non-hydrogen) atoms. The van der Waals surface area contributed by atoms with Crippen molar-refractivity contribution in [3.63, 3.8) is 0 Å². The number of nitrogens with one attached hydrogen (secondary N) is 2. The lowest BCUT2D eigenvalue weighted by Gasteiger charge is -2.18. The number of carbonyl (C=O) groups is 1. The first-order valence-corrected chi connectivity index (χ1v) is 15.0. The highest BCUT2D eigenvalue weighted by Crippen LogP contribution is 2.37. The van der Waals surface area contributed by atoms with Crippen LogP contribution in [0.15, 0.2) is 97.6 Å². The van der Waals surface area contributed by atoms with Crippen molar-refractivity contribution >= 4 is 49.7 Å². The Morgan fingerprint density at radius 2 is 1.11 bits per heavy atom. The Labute approximate surface area is 254 Å². The average Bonchev–Trinajstić information content (AvgIpc) is 3.82. The molecule has 0 saturated heterocycles. The number of carbonyl (C=O) groups excluding carboxylic acids is 1. The van der Waals surface area contributed by atoms with Gasteiger partial charge in [-0.2, -0.15) is 0 Å². The van der Waals surface area contributed by atoms with Crippen molar-refractivity contribution in [1.29, 1.82) is 0 Å². The van der Waals surface area contributed by atoms with Crippen molar-refractivity contribution in [2.75, 3.05) is 0 Å². The van der Waals surface area contributed by atoms with Gasteiger partial charge in [0, 0.05) is 106 Å². The third-order valence-corrected chi connectivity index (χ3v) is 9.24. The van der Waals surface area contributed by atoms with Gasteiger partial charge in [-0.15, -0.1) is 0 Å². The van der Waals surface area contributed by atoms with E-state index in [1.54, 1.807) is 12.4 Å². The van der Waals surface area contributed by atoms with Crippen LogP contribution >= 0.6 is 0 Å². The van der Waals surface area contributed by atoms with E-state index in [9.17, 15) is 4.79 Å². The Bertz CT molecular complexity index is 2150. The Morgan fingerprint density at radius 1 is 0.659 bits per heavy atom. The number of ketones is 1. The van der Waals surface area contributed by atoms with E-state index in [1.165, 1.54) is 0 Å². The van der Waals surface area contributed by atoms with Crippen molar-refractivity contribution in [2.24, 2.45) is 14.1 Å². The van der Waals surface area contributed by atoms with Gasteiger partial charge in [-0.3, -0.25) is 4.79 Å². The number of H-pyrrole nitrogens is 2. The van der Waals surface area contributed by atoms with E-state index in [1.807, 2.05) is 26.0 Å². The van der Waals surface area contributed by atoms with Crippen LogP contribution in [-0.4, -0.2) is 34.9 Å². The largest absolute Gasteiger partial charge is 0.350 e. The van der Waals surface area contributed by atoms with Crippen LogP contribution in [0.3, 0.4) is 0 Å². The first kappa shape index (κ1) is 26.2. The van der Waals surface area contributed by atoms with Gasteiger partial charge in [0.1, 0.15) is 17.1 Å². The minimum Gasteiger partial charge on any atom is -0.350 e. The van der Waals surface area contributed by atoms with Gasteiger partial charge in [-0.1, -0.05) is 26.0 Å². The number of pyridine rings is 2. The van der Waals surface area contributed by atoms with Gasteiger partial charge >= 0.3 is 0 Å². The van der Waals surface area contributed by atoms with Crippen molar-refractivity contribution in [3.05, 3.63) is 109 Å². The molecule has 2 atom stereocenters. The number of Topliss-reactive ketones (excluding diaryl/α,β-unsaturated/α-hetero) is 1. The minimum absolute atomic E-state index is 0.197. The molecule has 2 aromatic carbocycles. The zero-order valence-electron chi connectivity index (χ0n) is 25.1. The number of rotatable bonds is 6. The lowest BCUT2D eigenvalue weighted by atomic mass is 9.85. The lowest BCUT2D eigenvalue weighted by Crippen LogP contribution is -2.16. The van der Waals surface area contributed by atoms with Crippen molar-refractivity contribution in [1.82, 2.24) is 29.1 Å². The molecule has 0 fully saturated rings. The molecule has 0 spiro atoms. The Morgan fingerprint density at radius 3 is 1.55 bits per heavy atom. The van der Waals surface area contributed by atoms with Gasteiger partial charge in [0.25, 0.3) is 0 Å². The number of hydrogen-bond acceptors (Lipinski definition) is 3. The number of fused-ring (bicyclic) bond motifs is 4. The van der Waals surface area contributed by atoms with Crippen LogP contribution in [0.4, 0.5) is 0 Å². The summed E-state index contributed by atoms with van der Waals surface area (Å²) in [7, 11) is 4.12. The van der Waals surface area contributed by atoms with Crippen LogP contribution in [0.5, 0.6) is 0 Å². The molecule has 8 aromatic rings. The maximum absolute atomic E-state index is 14.0. The number of aryl methyl sites for hydroxylation is 2. The smallest absolute Gasteiger partial charge is 0.147 e. The number of benzene rings is 2. The highest BCUT2D eigenvalue weighted by molar-refractivity contribution is 6.01. The summed E-state index contributed by atoms with van der Waals surface area (Å²) in [4.78, 5) is 29.9. The molecule has 7 heteroatoms. The summed E-state index contributed by atoms with van der Waals surface area (Å²) in [5, 5.41) is 4.39. The van der Waals surface area contributed by atoms with Gasteiger partial charge in [-0.05, 0) is 71.8 Å². The van der Waals surface area contributed by atoms with E-state index in [0.29, 0.717) is 0 Å². The summed E-state index contributed by atoms with van der Waals surface area (Å²) < 4.78 is 4.27. The third-order valence-electron chi connectivity index (χ3n) is 9.24. The predicted molar refractivity (Wildman–Crippen MR) is 178 cm³/mol. The molecule has 6 heterocycles. The molecule has 0 saturated carbocycles. The van der Waals surface area contributed by atoms with Crippen LogP contribution in [-0.2, 0) is 18.9 Å². The zero-order chi connectivity index (χ0) is 30.1. The summed E-state index contributed by atoms with van der Waals surface area (Å²) >= 11 is 0. The second-order valence-electron chi connectivity index (χ2n) is 12.0. The highest BCUT2D eigenvalue weighted by atomic mass is 16.1. The average molecular weight is 577 g/mol. The molecular weight excluding hydrogens is 544 g/mol. The molecule has 0 aliphatic rings. The standard InChI is InChI=1S/C37H32N6O/c1-21(23-9-11-33-27(15-23)29(19-42(33)3)31-17-25-7-5-13-38-36(25)40-31)35(44)22(2)24-10-12-34-28(16-24)30(20-43(34)4)32-18-26-8-6-14-39-37(26)41-32/h5-22H,1-4H3,(H,38,40)(H,39,41). The molecule has 2 unspecified atom stereocenters. The van der Waals surface area contributed by atoms with Crippen molar-refractivity contribution < 1.29 is 4.79 Å². The maximum atomic E-state index is 14.0. The fraction of sp³-hybridized carbons (Fsp3) is 0.162. The molecular formula is C37H32N6O. The van der Waals surface area contributed by atoms with E-state index in [2.05, 4.69) is 116 Å². The normalized spacial score (nSPS) is 13.4. The Hall–Kier alpha value is -5.43. The number of hydrogen-bond donors (Lipinski definition) is 2. The second kappa shape index (κ2) is 9.81. The van der Waals surface area contributed by atoms with Crippen molar-refractivity contribution in [3.8, 4) is 22.5 Å². The molecule has 2 N–H and O–H groups in total.